The summed E-state index contributed by atoms with van der Waals surface area (Å²) in [6.07, 6.45) is 5.87. The Morgan fingerprint density at radius 3 is 3.05 bits per heavy atom. The quantitative estimate of drug-likeness (QED) is 0.758. The molecular weight excluding hydrogens is 244 g/mol. The van der Waals surface area contributed by atoms with Crippen molar-refractivity contribution in [3.8, 4) is 5.75 Å². The van der Waals surface area contributed by atoms with E-state index < -0.39 is 0 Å². The molecule has 2 rings (SSSR count). The van der Waals surface area contributed by atoms with Crippen molar-refractivity contribution in [3.05, 3.63) is 16.7 Å². The number of hydrogen-bond donors (Lipinski definition) is 3. The van der Waals surface area contributed by atoms with Gasteiger partial charge in [0.15, 0.2) is 5.82 Å². The number of aromatic amines is 1. The van der Waals surface area contributed by atoms with Gasteiger partial charge in [-0.2, -0.15) is 0 Å². The van der Waals surface area contributed by atoms with Gasteiger partial charge in [-0.25, -0.2) is 4.98 Å². The maximum Gasteiger partial charge on any atom is 0.295 e. The van der Waals surface area contributed by atoms with Crippen LogP contribution in [0, 0.1) is 5.92 Å². The number of methoxy groups -OCH3 is 1. The topological polar surface area (TPSA) is 93.0 Å². The molecule has 0 aliphatic heterocycles. The Bertz CT molecular complexity index is 488. The molecule has 4 N–H and O–H groups in total. The van der Waals surface area contributed by atoms with E-state index in [4.69, 9.17) is 10.5 Å². The van der Waals surface area contributed by atoms with E-state index >= 15 is 0 Å². The standard InChI is InChI=1S/C13H22N4O2/c1-9-5-3-4-6-13(9,7-14)17-11-10(19-2)12(18)16-8-15-11/h8-9H,3-7,14H2,1-2H3,(H2,15,16,17,18). The van der Waals surface area contributed by atoms with Crippen LogP contribution in [0.25, 0.3) is 0 Å². The zero-order valence-electron chi connectivity index (χ0n) is 11.5. The molecule has 1 aliphatic rings. The van der Waals surface area contributed by atoms with Crippen molar-refractivity contribution in [3.63, 3.8) is 0 Å². The third-order valence-electron chi connectivity index (χ3n) is 4.20. The molecule has 6 nitrogen and oxygen atoms in total. The normalized spacial score (nSPS) is 27.0. The molecule has 0 spiro atoms. The minimum absolute atomic E-state index is 0.202. The van der Waals surface area contributed by atoms with Gasteiger partial charge in [0.1, 0.15) is 0 Å². The van der Waals surface area contributed by atoms with Gasteiger partial charge in [0.05, 0.1) is 19.0 Å². The molecule has 1 fully saturated rings. The molecule has 0 bridgehead atoms. The fourth-order valence-electron chi connectivity index (χ4n) is 2.86. The van der Waals surface area contributed by atoms with Crippen LogP contribution in [0.5, 0.6) is 5.75 Å². The molecule has 1 aromatic heterocycles. The summed E-state index contributed by atoms with van der Waals surface area (Å²) in [4.78, 5) is 18.4. The van der Waals surface area contributed by atoms with Gasteiger partial charge in [0, 0.05) is 6.54 Å². The molecule has 2 unspecified atom stereocenters. The summed E-state index contributed by atoms with van der Waals surface area (Å²) >= 11 is 0. The summed E-state index contributed by atoms with van der Waals surface area (Å²) < 4.78 is 5.13. The molecule has 106 valence electrons. The van der Waals surface area contributed by atoms with E-state index in [1.165, 1.54) is 19.9 Å². The van der Waals surface area contributed by atoms with Gasteiger partial charge in [-0.05, 0) is 18.8 Å². The zero-order valence-corrected chi connectivity index (χ0v) is 11.5. The van der Waals surface area contributed by atoms with Gasteiger partial charge >= 0.3 is 0 Å². The number of nitrogens with zero attached hydrogens (tertiary/aromatic N) is 1. The first-order valence-electron chi connectivity index (χ1n) is 6.73. The van der Waals surface area contributed by atoms with Crippen molar-refractivity contribution in [2.24, 2.45) is 11.7 Å². The van der Waals surface area contributed by atoms with Crippen molar-refractivity contribution >= 4 is 5.82 Å². The number of aromatic nitrogens is 2. The van der Waals surface area contributed by atoms with Crippen LogP contribution >= 0.6 is 0 Å². The second-order valence-corrected chi connectivity index (χ2v) is 5.25. The highest BCUT2D eigenvalue weighted by Crippen LogP contribution is 2.36. The van der Waals surface area contributed by atoms with Gasteiger partial charge in [-0.15, -0.1) is 0 Å². The Balaban J connectivity index is 2.33. The Kier molecular flexibility index (Phi) is 4.09. The zero-order chi connectivity index (χ0) is 13.9. The van der Waals surface area contributed by atoms with Crippen LogP contribution in [0.3, 0.4) is 0 Å². The molecule has 0 aromatic carbocycles. The average molecular weight is 266 g/mol. The van der Waals surface area contributed by atoms with E-state index in [0.717, 1.165) is 19.3 Å². The van der Waals surface area contributed by atoms with E-state index in [9.17, 15) is 4.79 Å². The summed E-state index contributed by atoms with van der Waals surface area (Å²) in [5.41, 5.74) is 5.51. The van der Waals surface area contributed by atoms with Crippen LogP contribution in [0.15, 0.2) is 11.1 Å². The number of rotatable bonds is 4. The Morgan fingerprint density at radius 2 is 2.42 bits per heavy atom. The van der Waals surface area contributed by atoms with E-state index in [-0.39, 0.29) is 16.8 Å². The van der Waals surface area contributed by atoms with Crippen molar-refractivity contribution in [2.75, 3.05) is 19.0 Å². The van der Waals surface area contributed by atoms with Crippen LogP contribution < -0.4 is 21.3 Å². The summed E-state index contributed by atoms with van der Waals surface area (Å²) in [6, 6.07) is 0. The third-order valence-corrected chi connectivity index (χ3v) is 4.20. The SMILES string of the molecule is COc1c(NC2(CN)CCCCC2C)nc[nH]c1=O. The minimum Gasteiger partial charge on any atom is -0.489 e. The highest BCUT2D eigenvalue weighted by molar-refractivity contribution is 5.50. The van der Waals surface area contributed by atoms with Crippen molar-refractivity contribution in [1.29, 1.82) is 0 Å². The number of anilines is 1. The third kappa shape index (κ3) is 2.58. The number of ether oxygens (including phenoxy) is 1. The van der Waals surface area contributed by atoms with E-state index in [1.54, 1.807) is 0 Å². The fourth-order valence-corrected chi connectivity index (χ4v) is 2.86. The lowest BCUT2D eigenvalue weighted by Gasteiger charge is -2.43. The number of nitrogens with two attached hydrogens (primary N) is 1. The summed E-state index contributed by atoms with van der Waals surface area (Å²) in [6.45, 7) is 2.71. The summed E-state index contributed by atoms with van der Waals surface area (Å²) in [7, 11) is 1.47. The van der Waals surface area contributed by atoms with Gasteiger partial charge in [-0.1, -0.05) is 19.8 Å². The highest BCUT2D eigenvalue weighted by Gasteiger charge is 2.38. The van der Waals surface area contributed by atoms with Gasteiger partial charge < -0.3 is 20.8 Å². The van der Waals surface area contributed by atoms with Crippen LogP contribution in [-0.2, 0) is 0 Å². The Hall–Kier alpha value is -1.56. The molecule has 6 heteroatoms. The molecular formula is C13H22N4O2. The number of H-pyrrole nitrogens is 1. The molecule has 0 saturated heterocycles. The first kappa shape index (κ1) is 13.9. The number of nitrogens with one attached hydrogen (secondary N) is 2. The lowest BCUT2D eigenvalue weighted by Crippen LogP contribution is -2.52. The second-order valence-electron chi connectivity index (χ2n) is 5.25. The van der Waals surface area contributed by atoms with Crippen molar-refractivity contribution in [2.45, 2.75) is 38.1 Å². The minimum atomic E-state index is -0.282. The predicted molar refractivity (Wildman–Crippen MR) is 74.4 cm³/mol. The average Bonchev–Trinajstić information content (AvgIpc) is 2.42. The number of hydrogen-bond acceptors (Lipinski definition) is 5. The Morgan fingerprint density at radius 1 is 1.63 bits per heavy atom. The molecule has 0 radical (unpaired) electrons. The van der Waals surface area contributed by atoms with Gasteiger partial charge in [0.2, 0.25) is 5.75 Å². The molecule has 1 aliphatic carbocycles. The lowest BCUT2D eigenvalue weighted by atomic mass is 9.73. The Labute approximate surface area is 112 Å². The first-order valence-corrected chi connectivity index (χ1v) is 6.73. The van der Waals surface area contributed by atoms with E-state index in [2.05, 4.69) is 22.2 Å². The maximum atomic E-state index is 11.7. The molecule has 2 atom stereocenters. The lowest BCUT2D eigenvalue weighted by molar-refractivity contribution is 0.234. The van der Waals surface area contributed by atoms with Crippen LogP contribution in [0.2, 0.25) is 0 Å². The summed E-state index contributed by atoms with van der Waals surface area (Å²) in [5.74, 6) is 1.13. The fraction of sp³-hybridized carbons (Fsp3) is 0.692. The van der Waals surface area contributed by atoms with Crippen molar-refractivity contribution in [1.82, 2.24) is 9.97 Å². The van der Waals surface area contributed by atoms with Gasteiger partial charge in [0.25, 0.3) is 5.56 Å². The molecule has 1 aromatic rings. The smallest absolute Gasteiger partial charge is 0.295 e. The molecule has 19 heavy (non-hydrogen) atoms. The van der Waals surface area contributed by atoms with Crippen LogP contribution in [0.1, 0.15) is 32.6 Å². The van der Waals surface area contributed by atoms with Gasteiger partial charge in [-0.3, -0.25) is 4.79 Å². The monoisotopic (exact) mass is 266 g/mol. The van der Waals surface area contributed by atoms with Crippen LogP contribution in [-0.4, -0.2) is 29.2 Å². The second kappa shape index (κ2) is 5.61. The predicted octanol–water partition coefficient (Wildman–Crippen LogP) is 1.10. The summed E-state index contributed by atoms with van der Waals surface area (Å²) in [5, 5.41) is 3.37. The first-order chi connectivity index (χ1) is 9.13. The van der Waals surface area contributed by atoms with E-state index in [1.807, 2.05) is 0 Å². The molecule has 1 saturated carbocycles. The van der Waals surface area contributed by atoms with Crippen molar-refractivity contribution < 1.29 is 4.74 Å². The maximum absolute atomic E-state index is 11.7. The van der Waals surface area contributed by atoms with E-state index in [0.29, 0.717) is 18.3 Å². The van der Waals surface area contributed by atoms with Crippen LogP contribution in [0.4, 0.5) is 5.82 Å². The highest BCUT2D eigenvalue weighted by atomic mass is 16.5. The molecule has 1 heterocycles. The largest absolute Gasteiger partial charge is 0.489 e. The molecule has 0 amide bonds.